The third kappa shape index (κ3) is 5.00. The van der Waals surface area contributed by atoms with E-state index in [9.17, 15) is 4.79 Å². The molecule has 0 unspecified atom stereocenters. The lowest BCUT2D eigenvalue weighted by Crippen LogP contribution is -2.41. The van der Waals surface area contributed by atoms with Crippen LogP contribution in [0.25, 0.3) is 0 Å². The molecule has 0 bridgehead atoms. The standard InChI is InChI=1S/C26H27NO4/c1-26(2)16-23(22-15-20(29-3)12-13-24(22)31-26)27-25(28)19-10-7-11-21(14-19)30-17-18-8-5-4-6-9-18/h4-15,23H,16-17H2,1-3H3,(H,27,28)/t23-/m0/s1. The molecule has 3 aromatic carbocycles. The topological polar surface area (TPSA) is 56.8 Å². The number of nitrogens with one attached hydrogen (secondary N) is 1. The van der Waals surface area contributed by atoms with Crippen LogP contribution in [-0.2, 0) is 6.61 Å². The summed E-state index contributed by atoms with van der Waals surface area (Å²) >= 11 is 0. The number of carbonyl (C=O) groups is 1. The molecule has 1 amide bonds. The van der Waals surface area contributed by atoms with E-state index in [2.05, 4.69) is 5.32 Å². The van der Waals surface area contributed by atoms with Crippen LogP contribution in [0.5, 0.6) is 17.2 Å². The number of rotatable bonds is 6. The van der Waals surface area contributed by atoms with Crippen molar-refractivity contribution in [3.63, 3.8) is 0 Å². The van der Waals surface area contributed by atoms with Crippen LogP contribution in [0.15, 0.2) is 72.8 Å². The lowest BCUT2D eigenvalue weighted by atomic mass is 9.89. The zero-order chi connectivity index (χ0) is 21.8. The molecule has 3 aromatic rings. The highest BCUT2D eigenvalue weighted by Gasteiger charge is 2.35. The number of ether oxygens (including phenoxy) is 3. The Morgan fingerprint density at radius 2 is 1.84 bits per heavy atom. The molecule has 0 radical (unpaired) electrons. The first-order valence-corrected chi connectivity index (χ1v) is 10.4. The summed E-state index contributed by atoms with van der Waals surface area (Å²) in [5.74, 6) is 2.01. The van der Waals surface area contributed by atoms with Gasteiger partial charge >= 0.3 is 0 Å². The minimum Gasteiger partial charge on any atom is -0.497 e. The molecule has 1 aliphatic rings. The molecule has 1 N–H and O–H groups in total. The van der Waals surface area contributed by atoms with Crippen LogP contribution < -0.4 is 19.5 Å². The third-order valence-electron chi connectivity index (χ3n) is 5.32. The van der Waals surface area contributed by atoms with Crippen LogP contribution in [0, 0.1) is 0 Å². The molecule has 0 fully saturated rings. The summed E-state index contributed by atoms with van der Waals surface area (Å²) < 4.78 is 17.3. The molecule has 1 aliphatic heterocycles. The van der Waals surface area contributed by atoms with Gasteiger partial charge in [0.2, 0.25) is 0 Å². The van der Waals surface area contributed by atoms with Gasteiger partial charge in [0.15, 0.2) is 0 Å². The van der Waals surface area contributed by atoms with Crippen molar-refractivity contribution < 1.29 is 19.0 Å². The largest absolute Gasteiger partial charge is 0.497 e. The predicted molar refractivity (Wildman–Crippen MR) is 120 cm³/mol. The van der Waals surface area contributed by atoms with Crippen molar-refractivity contribution in [2.75, 3.05) is 7.11 Å². The molecule has 1 heterocycles. The molecule has 1 atom stereocenters. The first kappa shape index (κ1) is 20.8. The van der Waals surface area contributed by atoms with Gasteiger partial charge < -0.3 is 19.5 Å². The van der Waals surface area contributed by atoms with Gasteiger partial charge in [-0.1, -0.05) is 36.4 Å². The molecule has 31 heavy (non-hydrogen) atoms. The third-order valence-corrected chi connectivity index (χ3v) is 5.32. The fourth-order valence-electron chi connectivity index (χ4n) is 3.80. The van der Waals surface area contributed by atoms with Gasteiger partial charge in [-0.2, -0.15) is 0 Å². The summed E-state index contributed by atoms with van der Waals surface area (Å²) in [6.07, 6.45) is 0.656. The van der Waals surface area contributed by atoms with E-state index in [0.717, 1.165) is 22.6 Å². The van der Waals surface area contributed by atoms with Crippen molar-refractivity contribution in [1.29, 1.82) is 0 Å². The quantitative estimate of drug-likeness (QED) is 0.591. The molecule has 5 nitrogen and oxygen atoms in total. The summed E-state index contributed by atoms with van der Waals surface area (Å²) in [4.78, 5) is 13.1. The lowest BCUT2D eigenvalue weighted by Gasteiger charge is -2.38. The number of benzene rings is 3. The Morgan fingerprint density at radius 3 is 2.61 bits per heavy atom. The summed E-state index contributed by atoms with van der Waals surface area (Å²) in [5.41, 5.74) is 2.16. The summed E-state index contributed by atoms with van der Waals surface area (Å²) in [6.45, 7) is 4.50. The minimum absolute atomic E-state index is 0.151. The number of amides is 1. The molecular formula is C26H27NO4. The maximum absolute atomic E-state index is 13.1. The number of fused-ring (bicyclic) bond motifs is 1. The fraction of sp³-hybridized carbons (Fsp3) is 0.269. The Kier molecular flexibility index (Phi) is 5.85. The van der Waals surface area contributed by atoms with Gasteiger partial charge in [-0.05, 0) is 55.8 Å². The van der Waals surface area contributed by atoms with E-state index in [-0.39, 0.29) is 17.6 Å². The Labute approximate surface area is 183 Å². The smallest absolute Gasteiger partial charge is 0.251 e. The van der Waals surface area contributed by atoms with E-state index >= 15 is 0 Å². The Bertz CT molecular complexity index is 1060. The number of hydrogen-bond donors (Lipinski definition) is 1. The van der Waals surface area contributed by atoms with Crippen molar-refractivity contribution in [3.05, 3.63) is 89.5 Å². The first-order chi connectivity index (χ1) is 14.9. The van der Waals surface area contributed by atoms with E-state index in [4.69, 9.17) is 14.2 Å². The predicted octanol–water partition coefficient (Wildman–Crippen LogP) is 5.31. The van der Waals surface area contributed by atoms with Gasteiger partial charge in [0.1, 0.15) is 29.5 Å². The average molecular weight is 418 g/mol. The van der Waals surface area contributed by atoms with Crippen molar-refractivity contribution in [2.24, 2.45) is 0 Å². The van der Waals surface area contributed by atoms with Crippen molar-refractivity contribution in [2.45, 2.75) is 38.5 Å². The molecule has 0 spiro atoms. The number of methoxy groups -OCH3 is 1. The highest BCUT2D eigenvalue weighted by atomic mass is 16.5. The van der Waals surface area contributed by atoms with Crippen molar-refractivity contribution >= 4 is 5.91 Å². The zero-order valence-corrected chi connectivity index (χ0v) is 18.1. The van der Waals surface area contributed by atoms with E-state index in [1.807, 2.05) is 74.5 Å². The first-order valence-electron chi connectivity index (χ1n) is 10.4. The zero-order valence-electron chi connectivity index (χ0n) is 18.1. The Morgan fingerprint density at radius 1 is 1.03 bits per heavy atom. The second-order valence-corrected chi connectivity index (χ2v) is 8.30. The van der Waals surface area contributed by atoms with E-state index in [0.29, 0.717) is 24.3 Å². The Balaban J connectivity index is 1.50. The maximum Gasteiger partial charge on any atom is 0.251 e. The molecule has 0 saturated carbocycles. The van der Waals surface area contributed by atoms with E-state index in [1.54, 1.807) is 19.2 Å². The van der Waals surface area contributed by atoms with E-state index in [1.165, 1.54) is 0 Å². The van der Waals surface area contributed by atoms with Crippen LogP contribution in [0.4, 0.5) is 0 Å². The SMILES string of the molecule is COc1ccc2c(c1)[C@@H](NC(=O)c1cccc(OCc3ccccc3)c1)CC(C)(C)O2. The molecular weight excluding hydrogens is 390 g/mol. The summed E-state index contributed by atoms with van der Waals surface area (Å²) in [7, 11) is 1.63. The monoisotopic (exact) mass is 417 g/mol. The highest BCUT2D eigenvalue weighted by molar-refractivity contribution is 5.95. The van der Waals surface area contributed by atoms with Gasteiger partial charge in [0.05, 0.1) is 13.2 Å². The van der Waals surface area contributed by atoms with Crippen molar-refractivity contribution in [3.8, 4) is 17.2 Å². The second-order valence-electron chi connectivity index (χ2n) is 8.30. The summed E-state index contributed by atoms with van der Waals surface area (Å²) in [6, 6.07) is 22.7. The molecule has 0 aromatic heterocycles. The fourth-order valence-corrected chi connectivity index (χ4v) is 3.80. The van der Waals surface area contributed by atoms with Gasteiger partial charge in [0, 0.05) is 17.5 Å². The number of hydrogen-bond acceptors (Lipinski definition) is 4. The van der Waals surface area contributed by atoms with Crippen LogP contribution in [0.2, 0.25) is 0 Å². The van der Waals surface area contributed by atoms with Gasteiger partial charge in [-0.3, -0.25) is 4.79 Å². The molecule has 4 rings (SSSR count). The van der Waals surface area contributed by atoms with Gasteiger partial charge in [-0.15, -0.1) is 0 Å². The molecule has 0 aliphatic carbocycles. The summed E-state index contributed by atoms with van der Waals surface area (Å²) in [5, 5.41) is 3.17. The number of carbonyl (C=O) groups excluding carboxylic acids is 1. The van der Waals surface area contributed by atoms with Crippen LogP contribution in [-0.4, -0.2) is 18.6 Å². The van der Waals surface area contributed by atoms with E-state index < -0.39 is 0 Å². The van der Waals surface area contributed by atoms with Crippen LogP contribution in [0.1, 0.15) is 47.8 Å². The van der Waals surface area contributed by atoms with Crippen LogP contribution in [0.3, 0.4) is 0 Å². The minimum atomic E-state index is -0.389. The maximum atomic E-state index is 13.1. The average Bonchev–Trinajstić information content (AvgIpc) is 2.77. The second kappa shape index (κ2) is 8.72. The van der Waals surface area contributed by atoms with Crippen molar-refractivity contribution in [1.82, 2.24) is 5.32 Å². The van der Waals surface area contributed by atoms with Gasteiger partial charge in [0.25, 0.3) is 5.91 Å². The molecule has 160 valence electrons. The molecule has 0 saturated heterocycles. The lowest BCUT2D eigenvalue weighted by molar-refractivity contribution is 0.0618. The normalized spacial score (nSPS) is 16.5. The van der Waals surface area contributed by atoms with Gasteiger partial charge in [-0.25, -0.2) is 0 Å². The van der Waals surface area contributed by atoms with Crippen LogP contribution >= 0.6 is 0 Å². The highest BCUT2D eigenvalue weighted by Crippen LogP contribution is 2.41. The Hall–Kier alpha value is -3.47. The molecule has 5 heteroatoms.